The van der Waals surface area contributed by atoms with Crippen LogP contribution in [-0.2, 0) is 17.6 Å². The fourth-order valence-corrected chi connectivity index (χ4v) is 6.51. The molecule has 1 aliphatic rings. The normalized spacial score (nSPS) is 13.3. The molecule has 2 heterocycles. The number of aryl methyl sites for hydroxylation is 1. The molecule has 4 nitrogen and oxygen atoms in total. The van der Waals surface area contributed by atoms with E-state index >= 15 is 0 Å². The van der Waals surface area contributed by atoms with E-state index in [9.17, 15) is 4.79 Å². The molecule has 2 aromatic heterocycles. The third kappa shape index (κ3) is 4.93. The molecule has 0 radical (unpaired) electrons. The van der Waals surface area contributed by atoms with Crippen molar-refractivity contribution in [2.75, 3.05) is 6.61 Å². The molecule has 176 valence electrons. The Labute approximate surface area is 222 Å². The van der Waals surface area contributed by atoms with Crippen LogP contribution in [0.15, 0.2) is 65.0 Å². The molecular weight excluding hydrogens is 552 g/mol. The van der Waals surface area contributed by atoms with Crippen LogP contribution < -0.4 is 4.80 Å². The molecule has 5 rings (SSSR count). The molecule has 0 aliphatic heterocycles. The van der Waals surface area contributed by atoms with Gasteiger partial charge in [-0.25, -0.2) is 9.79 Å². The second-order valence-corrected chi connectivity index (χ2v) is 10.2. The van der Waals surface area contributed by atoms with Crippen LogP contribution in [0.4, 0.5) is 5.00 Å². The van der Waals surface area contributed by atoms with E-state index in [-0.39, 0.29) is 23.0 Å². The zero-order valence-corrected chi connectivity index (χ0v) is 22.7. The SMILES string of the molecule is Br.CCOC(=O)c1c(N=c2scc(-c3ccc(Cl)cc3)n2-c2ccccc2)sc2c1CCCC2. The van der Waals surface area contributed by atoms with Crippen molar-refractivity contribution < 1.29 is 9.53 Å². The molecule has 8 heteroatoms. The molecule has 0 fully saturated rings. The van der Waals surface area contributed by atoms with Gasteiger partial charge in [0.15, 0.2) is 4.80 Å². The van der Waals surface area contributed by atoms with Crippen molar-refractivity contribution in [1.82, 2.24) is 4.57 Å². The first-order valence-corrected chi connectivity index (χ1v) is 13.1. The van der Waals surface area contributed by atoms with Crippen molar-refractivity contribution in [3.05, 3.63) is 85.8 Å². The molecule has 4 aromatic rings. The number of hydrogen-bond donors (Lipinski definition) is 0. The Morgan fingerprint density at radius 1 is 1.09 bits per heavy atom. The number of hydrogen-bond acceptors (Lipinski definition) is 5. The Kier molecular flexibility index (Phi) is 8.09. The molecule has 2 aromatic carbocycles. The number of rotatable bonds is 5. The van der Waals surface area contributed by atoms with E-state index in [1.165, 1.54) is 4.88 Å². The highest BCUT2D eigenvalue weighted by atomic mass is 79.9. The highest BCUT2D eigenvalue weighted by molar-refractivity contribution is 8.93. The number of para-hydroxylation sites is 1. The summed E-state index contributed by atoms with van der Waals surface area (Å²) in [5, 5.41) is 3.55. The van der Waals surface area contributed by atoms with E-state index < -0.39 is 0 Å². The highest BCUT2D eigenvalue weighted by Gasteiger charge is 2.26. The molecule has 0 amide bonds. The van der Waals surface area contributed by atoms with Gasteiger partial charge in [0, 0.05) is 21.0 Å². The Morgan fingerprint density at radius 3 is 2.56 bits per heavy atom. The van der Waals surface area contributed by atoms with Gasteiger partial charge in [0.25, 0.3) is 0 Å². The first kappa shape index (κ1) is 24.9. The predicted molar refractivity (Wildman–Crippen MR) is 147 cm³/mol. The van der Waals surface area contributed by atoms with Crippen molar-refractivity contribution in [2.45, 2.75) is 32.6 Å². The molecule has 34 heavy (non-hydrogen) atoms. The summed E-state index contributed by atoms with van der Waals surface area (Å²) in [5.41, 5.74) is 4.88. The number of thiophene rings is 1. The summed E-state index contributed by atoms with van der Waals surface area (Å²) in [6, 6.07) is 18.0. The van der Waals surface area contributed by atoms with Gasteiger partial charge in [0.2, 0.25) is 0 Å². The smallest absolute Gasteiger partial charge is 0.341 e. The molecule has 0 saturated heterocycles. The molecule has 0 bridgehead atoms. The highest BCUT2D eigenvalue weighted by Crippen LogP contribution is 2.40. The fraction of sp³-hybridized carbons (Fsp3) is 0.231. The van der Waals surface area contributed by atoms with Crippen molar-refractivity contribution in [3.8, 4) is 16.9 Å². The molecule has 0 N–H and O–H groups in total. The lowest BCUT2D eigenvalue weighted by atomic mass is 9.95. The van der Waals surface area contributed by atoms with Gasteiger partial charge >= 0.3 is 5.97 Å². The van der Waals surface area contributed by atoms with Crippen LogP contribution in [0.3, 0.4) is 0 Å². The number of thiazole rings is 1. The summed E-state index contributed by atoms with van der Waals surface area (Å²) in [7, 11) is 0. The first-order valence-electron chi connectivity index (χ1n) is 11.0. The van der Waals surface area contributed by atoms with Crippen LogP contribution in [0, 0.1) is 0 Å². The summed E-state index contributed by atoms with van der Waals surface area (Å²) in [5.74, 6) is -0.267. The van der Waals surface area contributed by atoms with Crippen LogP contribution in [0.25, 0.3) is 16.9 Å². The number of aromatic nitrogens is 1. The van der Waals surface area contributed by atoms with E-state index in [2.05, 4.69) is 22.1 Å². The van der Waals surface area contributed by atoms with Gasteiger partial charge in [-0.15, -0.1) is 39.7 Å². The number of fused-ring (bicyclic) bond motifs is 1. The number of halogens is 2. The van der Waals surface area contributed by atoms with Crippen molar-refractivity contribution >= 4 is 62.2 Å². The van der Waals surface area contributed by atoms with Crippen LogP contribution in [0.1, 0.15) is 40.6 Å². The largest absolute Gasteiger partial charge is 0.462 e. The zero-order valence-electron chi connectivity index (χ0n) is 18.6. The molecule has 0 saturated carbocycles. The topological polar surface area (TPSA) is 43.6 Å². The van der Waals surface area contributed by atoms with Gasteiger partial charge in [-0.3, -0.25) is 4.57 Å². The third-order valence-corrected chi connectivity index (χ3v) is 7.96. The number of benzene rings is 2. The van der Waals surface area contributed by atoms with Gasteiger partial charge < -0.3 is 4.74 Å². The van der Waals surface area contributed by atoms with Gasteiger partial charge in [-0.05, 0) is 68.0 Å². The van der Waals surface area contributed by atoms with Crippen molar-refractivity contribution in [2.24, 2.45) is 4.99 Å². The van der Waals surface area contributed by atoms with E-state index in [4.69, 9.17) is 21.3 Å². The molecular formula is C26H24BrClN2O2S2. The van der Waals surface area contributed by atoms with E-state index in [1.54, 1.807) is 22.7 Å². The number of ether oxygens (including phenoxy) is 1. The standard InChI is InChI=1S/C26H23ClN2O2S2.BrH/c1-2-31-25(30)23-20-10-6-7-11-22(20)33-24(23)28-26-29(19-8-4-3-5-9-19)21(16-32-26)17-12-14-18(27)15-13-17;/h3-5,8-9,12-16H,2,6-7,10-11H2,1H3;1H. The Balaban J connectivity index is 0.00000274. The average molecular weight is 576 g/mol. The monoisotopic (exact) mass is 574 g/mol. The van der Waals surface area contributed by atoms with E-state index in [1.807, 2.05) is 49.4 Å². The lowest BCUT2D eigenvalue weighted by Gasteiger charge is -2.12. The van der Waals surface area contributed by atoms with Gasteiger partial charge in [-0.2, -0.15) is 0 Å². The maximum absolute atomic E-state index is 12.9. The Bertz CT molecular complexity index is 1360. The first-order chi connectivity index (χ1) is 16.2. The molecule has 0 atom stereocenters. The maximum Gasteiger partial charge on any atom is 0.341 e. The van der Waals surface area contributed by atoms with E-state index in [0.717, 1.165) is 58.0 Å². The second kappa shape index (κ2) is 11.0. The summed E-state index contributed by atoms with van der Waals surface area (Å²) >= 11 is 9.32. The summed E-state index contributed by atoms with van der Waals surface area (Å²) < 4.78 is 7.56. The molecule has 1 aliphatic carbocycles. The van der Waals surface area contributed by atoms with Crippen LogP contribution in [-0.4, -0.2) is 17.1 Å². The Hall–Kier alpha value is -2.19. The van der Waals surface area contributed by atoms with Crippen molar-refractivity contribution in [1.29, 1.82) is 0 Å². The number of esters is 1. The maximum atomic E-state index is 12.9. The van der Waals surface area contributed by atoms with Gasteiger partial charge in [-0.1, -0.05) is 41.9 Å². The quantitative estimate of drug-likeness (QED) is 0.228. The number of carbonyl (C=O) groups excluding carboxylic acids is 1. The minimum Gasteiger partial charge on any atom is -0.462 e. The fourth-order valence-electron chi connectivity index (χ4n) is 4.17. The molecule has 0 unspecified atom stereocenters. The van der Waals surface area contributed by atoms with E-state index in [0.29, 0.717) is 17.2 Å². The van der Waals surface area contributed by atoms with Crippen LogP contribution >= 0.6 is 51.3 Å². The summed E-state index contributed by atoms with van der Waals surface area (Å²) in [6.45, 7) is 2.20. The Morgan fingerprint density at radius 2 is 1.82 bits per heavy atom. The zero-order chi connectivity index (χ0) is 22.8. The minimum absolute atomic E-state index is 0. The predicted octanol–water partition coefficient (Wildman–Crippen LogP) is 7.79. The van der Waals surface area contributed by atoms with Crippen LogP contribution in [0.2, 0.25) is 5.02 Å². The van der Waals surface area contributed by atoms with Gasteiger partial charge in [0.05, 0.1) is 17.9 Å². The summed E-state index contributed by atoms with van der Waals surface area (Å²) in [6.07, 6.45) is 4.16. The third-order valence-electron chi connectivity index (χ3n) is 5.69. The number of nitrogens with zero attached hydrogens (tertiary/aromatic N) is 2. The van der Waals surface area contributed by atoms with Crippen LogP contribution in [0.5, 0.6) is 0 Å². The lowest BCUT2D eigenvalue weighted by molar-refractivity contribution is 0.0526. The number of carbonyl (C=O) groups is 1. The van der Waals surface area contributed by atoms with Crippen molar-refractivity contribution in [3.63, 3.8) is 0 Å². The lowest BCUT2D eigenvalue weighted by Crippen LogP contribution is -2.14. The minimum atomic E-state index is -0.267. The molecule has 0 spiro atoms. The average Bonchev–Trinajstić information content (AvgIpc) is 3.41. The van der Waals surface area contributed by atoms with Gasteiger partial charge in [0.1, 0.15) is 5.00 Å². The second-order valence-electron chi connectivity index (χ2n) is 7.80. The summed E-state index contributed by atoms with van der Waals surface area (Å²) in [4.78, 5) is 20.1.